The van der Waals surface area contributed by atoms with Gasteiger partial charge in [-0.15, -0.1) is 0 Å². The lowest BCUT2D eigenvalue weighted by Gasteiger charge is -2.16. The molecule has 0 atom stereocenters. The number of hydrogen-bond donors (Lipinski definition) is 1. The van der Waals surface area contributed by atoms with E-state index >= 15 is 0 Å². The molecule has 0 saturated heterocycles. The van der Waals surface area contributed by atoms with Crippen LogP contribution in [-0.4, -0.2) is 24.3 Å². The van der Waals surface area contributed by atoms with E-state index < -0.39 is 17.7 Å². The Labute approximate surface area is 141 Å². The Morgan fingerprint density at radius 1 is 1.40 bits per heavy atom. The van der Waals surface area contributed by atoms with Gasteiger partial charge in [0.1, 0.15) is 11.8 Å². The lowest BCUT2D eigenvalue weighted by Crippen LogP contribution is -2.13. The van der Waals surface area contributed by atoms with E-state index in [-0.39, 0.29) is 35.0 Å². The van der Waals surface area contributed by atoms with Crippen molar-refractivity contribution in [2.75, 3.05) is 19.5 Å². The first-order valence-electron chi connectivity index (χ1n) is 7.08. The third kappa shape index (κ3) is 3.38. The first kappa shape index (κ1) is 18.2. The van der Waals surface area contributed by atoms with Crippen LogP contribution >= 0.6 is 0 Å². The molecule has 2 aromatic rings. The van der Waals surface area contributed by atoms with E-state index in [0.29, 0.717) is 0 Å². The number of aromatic nitrogens is 1. The number of halogens is 3. The number of rotatable bonds is 4. The van der Waals surface area contributed by atoms with Gasteiger partial charge in [-0.05, 0) is 25.1 Å². The Morgan fingerprint density at radius 2 is 2.08 bits per heavy atom. The Kier molecular flexibility index (Phi) is 4.92. The number of anilines is 1. The monoisotopic (exact) mass is 353 g/mol. The smallest absolute Gasteiger partial charge is 0.420 e. The fourth-order valence-electron chi connectivity index (χ4n) is 2.29. The summed E-state index contributed by atoms with van der Waals surface area (Å²) in [5.41, 5.74) is 4.27. The van der Waals surface area contributed by atoms with E-state index in [9.17, 15) is 18.0 Å². The summed E-state index contributed by atoms with van der Waals surface area (Å²) in [5, 5.41) is 9.06. The van der Waals surface area contributed by atoms with Crippen LogP contribution in [0.25, 0.3) is 5.69 Å². The number of hydrogen-bond acceptors (Lipinski definition) is 5. The van der Waals surface area contributed by atoms with Gasteiger partial charge in [-0.25, -0.2) is 4.79 Å². The number of methoxy groups -OCH3 is 1. The number of nitriles is 1. The van der Waals surface area contributed by atoms with Gasteiger partial charge in [0.15, 0.2) is 5.69 Å². The Hall–Kier alpha value is -3.15. The predicted octanol–water partition coefficient (Wildman–Crippen LogP) is 3.14. The molecule has 0 bridgehead atoms. The fraction of sp³-hybridized carbons (Fsp3) is 0.250. The lowest BCUT2D eigenvalue weighted by atomic mass is 10.1. The van der Waals surface area contributed by atoms with Gasteiger partial charge >= 0.3 is 12.1 Å². The van der Waals surface area contributed by atoms with Crippen LogP contribution in [0.2, 0.25) is 0 Å². The molecule has 1 aromatic carbocycles. The molecule has 6 nitrogen and oxygen atoms in total. The highest BCUT2D eigenvalue weighted by molar-refractivity contribution is 5.96. The molecule has 1 aromatic heterocycles. The van der Waals surface area contributed by atoms with Crippen LogP contribution in [0.1, 0.15) is 28.5 Å². The number of alkyl halides is 3. The van der Waals surface area contributed by atoms with Crippen molar-refractivity contribution in [3.05, 3.63) is 41.2 Å². The summed E-state index contributed by atoms with van der Waals surface area (Å²) in [6.45, 7) is 1.63. The van der Waals surface area contributed by atoms with E-state index in [1.165, 1.54) is 12.3 Å². The first-order chi connectivity index (χ1) is 11.7. The molecular formula is C16H14F3N3O3. The minimum absolute atomic E-state index is 0.00984. The van der Waals surface area contributed by atoms with E-state index in [1.807, 2.05) is 0 Å². The summed E-state index contributed by atoms with van der Waals surface area (Å²) in [6.07, 6.45) is -3.49. The average molecular weight is 353 g/mol. The first-order valence-corrected chi connectivity index (χ1v) is 7.08. The number of ether oxygens (including phenoxy) is 2. The van der Waals surface area contributed by atoms with E-state index in [1.54, 1.807) is 13.0 Å². The molecule has 0 amide bonds. The molecule has 25 heavy (non-hydrogen) atoms. The Morgan fingerprint density at radius 3 is 2.60 bits per heavy atom. The van der Waals surface area contributed by atoms with Crippen LogP contribution in [0.5, 0.6) is 5.75 Å². The van der Waals surface area contributed by atoms with Crippen LogP contribution in [0.4, 0.5) is 18.9 Å². The molecule has 2 rings (SSSR count). The number of nitrogen functional groups attached to an aromatic ring is 1. The Bertz CT molecular complexity index is 851. The SMILES string of the molecule is CCOc1ccc(-n2cc(C#N)c(N)c2C(=O)OC)cc1C(F)(F)F. The van der Waals surface area contributed by atoms with Crippen molar-refractivity contribution in [2.45, 2.75) is 13.1 Å². The third-order valence-electron chi connectivity index (χ3n) is 3.39. The van der Waals surface area contributed by atoms with Crippen molar-refractivity contribution in [1.29, 1.82) is 5.26 Å². The largest absolute Gasteiger partial charge is 0.493 e. The van der Waals surface area contributed by atoms with Crippen LogP contribution in [0.3, 0.4) is 0 Å². The van der Waals surface area contributed by atoms with Crippen molar-refractivity contribution in [2.24, 2.45) is 0 Å². The van der Waals surface area contributed by atoms with E-state index in [0.717, 1.165) is 23.8 Å². The average Bonchev–Trinajstić information content (AvgIpc) is 2.90. The predicted molar refractivity (Wildman–Crippen MR) is 82.4 cm³/mol. The van der Waals surface area contributed by atoms with Gasteiger partial charge in [0.2, 0.25) is 0 Å². The molecule has 132 valence electrons. The van der Waals surface area contributed by atoms with Crippen LogP contribution in [-0.2, 0) is 10.9 Å². The second kappa shape index (κ2) is 6.76. The maximum atomic E-state index is 13.3. The van der Waals surface area contributed by atoms with Gasteiger partial charge in [-0.2, -0.15) is 18.4 Å². The van der Waals surface area contributed by atoms with Gasteiger partial charge in [0.25, 0.3) is 0 Å². The molecule has 0 aliphatic rings. The summed E-state index contributed by atoms with van der Waals surface area (Å²) < 4.78 is 50.6. The molecule has 0 radical (unpaired) electrons. The zero-order chi connectivity index (χ0) is 18.8. The standard InChI is InChI=1S/C16H14F3N3O3/c1-3-25-12-5-4-10(6-11(12)16(17,18)19)22-8-9(7-20)13(21)14(22)15(23)24-2/h4-6,8H,3,21H2,1-2H3. The summed E-state index contributed by atoms with van der Waals surface area (Å²) in [6, 6.07) is 5.07. The molecule has 2 N–H and O–H groups in total. The fourth-order valence-corrected chi connectivity index (χ4v) is 2.29. The van der Waals surface area contributed by atoms with Crippen molar-refractivity contribution < 1.29 is 27.4 Å². The zero-order valence-corrected chi connectivity index (χ0v) is 13.3. The van der Waals surface area contributed by atoms with Gasteiger partial charge in [-0.3, -0.25) is 0 Å². The zero-order valence-electron chi connectivity index (χ0n) is 13.3. The van der Waals surface area contributed by atoms with E-state index in [4.69, 9.17) is 15.7 Å². The van der Waals surface area contributed by atoms with Crippen LogP contribution in [0, 0.1) is 11.3 Å². The Balaban J connectivity index is 2.71. The number of carbonyl (C=O) groups is 1. The highest BCUT2D eigenvalue weighted by atomic mass is 19.4. The molecule has 0 saturated carbocycles. The molecule has 0 aliphatic carbocycles. The van der Waals surface area contributed by atoms with Gasteiger partial charge < -0.3 is 19.8 Å². The highest BCUT2D eigenvalue weighted by Crippen LogP contribution is 2.38. The van der Waals surface area contributed by atoms with Gasteiger partial charge in [0.05, 0.1) is 30.5 Å². The summed E-state index contributed by atoms with van der Waals surface area (Å²) >= 11 is 0. The van der Waals surface area contributed by atoms with E-state index in [2.05, 4.69) is 4.74 Å². The molecule has 0 spiro atoms. The summed E-state index contributed by atoms with van der Waals surface area (Å²) in [7, 11) is 1.10. The van der Waals surface area contributed by atoms with Crippen LogP contribution in [0.15, 0.2) is 24.4 Å². The number of carbonyl (C=O) groups excluding carboxylic acids is 1. The minimum atomic E-state index is -4.66. The summed E-state index contributed by atoms with van der Waals surface area (Å²) in [5.74, 6) is -1.21. The van der Waals surface area contributed by atoms with Gasteiger partial charge in [0, 0.05) is 11.9 Å². The molecule has 0 fully saturated rings. The maximum Gasteiger partial charge on any atom is 0.420 e. The second-order valence-corrected chi connectivity index (χ2v) is 4.89. The van der Waals surface area contributed by atoms with Crippen LogP contribution < -0.4 is 10.5 Å². The van der Waals surface area contributed by atoms with Crippen molar-refractivity contribution >= 4 is 11.7 Å². The van der Waals surface area contributed by atoms with Crippen molar-refractivity contribution in [3.63, 3.8) is 0 Å². The third-order valence-corrected chi connectivity index (χ3v) is 3.39. The molecule has 0 unspecified atom stereocenters. The second-order valence-electron chi connectivity index (χ2n) is 4.89. The molecular weight excluding hydrogens is 339 g/mol. The topological polar surface area (TPSA) is 90.3 Å². The number of nitrogens with zero attached hydrogens (tertiary/aromatic N) is 2. The maximum absolute atomic E-state index is 13.3. The molecule has 9 heteroatoms. The van der Waals surface area contributed by atoms with Gasteiger partial charge in [-0.1, -0.05) is 0 Å². The van der Waals surface area contributed by atoms with Crippen molar-refractivity contribution in [1.82, 2.24) is 4.57 Å². The normalized spacial score (nSPS) is 11.0. The minimum Gasteiger partial charge on any atom is -0.493 e. The number of benzene rings is 1. The highest BCUT2D eigenvalue weighted by Gasteiger charge is 2.35. The quantitative estimate of drug-likeness (QED) is 0.853. The van der Waals surface area contributed by atoms with Crippen molar-refractivity contribution in [3.8, 4) is 17.5 Å². The number of esters is 1. The molecule has 0 aliphatic heterocycles. The summed E-state index contributed by atoms with van der Waals surface area (Å²) in [4.78, 5) is 11.9. The number of nitrogens with two attached hydrogens (primary N) is 1. The lowest BCUT2D eigenvalue weighted by molar-refractivity contribution is -0.138. The molecule has 1 heterocycles.